The number of ether oxygens (including phenoxy) is 1. The maximum absolute atomic E-state index is 11.5. The lowest BCUT2D eigenvalue weighted by Gasteiger charge is -2.10. The van der Waals surface area contributed by atoms with Crippen molar-refractivity contribution in [3.63, 3.8) is 0 Å². The molecule has 0 aliphatic rings. The number of carbonyl (C=O) groups is 1. The Kier molecular flexibility index (Phi) is 24.2. The fraction of sp³-hybridized carbons (Fsp3) is 0.962. The highest BCUT2D eigenvalue weighted by Crippen LogP contribution is 2.14. The number of unbranched alkanes of at least 4 members (excludes halogenated alkanes) is 16. The second kappa shape index (κ2) is 24.7. The molecular formula is C26H54N2O2. The fourth-order valence-electron chi connectivity index (χ4n) is 3.78. The Labute approximate surface area is 188 Å². The fourth-order valence-corrected chi connectivity index (χ4v) is 3.78. The maximum Gasteiger partial charge on any atom is 0.234 e. The van der Waals surface area contributed by atoms with Crippen LogP contribution in [0, 0.1) is 0 Å². The molecule has 30 heavy (non-hydrogen) atoms. The summed E-state index contributed by atoms with van der Waals surface area (Å²) < 4.78 is 5.66. The number of rotatable bonds is 24. The number of amides is 1. The number of carbonyl (C=O) groups excluding carboxylic acids is 1. The smallest absolute Gasteiger partial charge is 0.234 e. The Morgan fingerprint density at radius 2 is 1.03 bits per heavy atom. The lowest BCUT2D eigenvalue weighted by atomic mass is 10.0. The molecule has 0 rings (SSSR count). The normalized spacial score (nSPS) is 11.3. The topological polar surface area (TPSA) is 41.6 Å². The van der Waals surface area contributed by atoms with Crippen LogP contribution in [0.5, 0.6) is 0 Å². The largest absolute Gasteiger partial charge is 0.381 e. The highest BCUT2D eigenvalue weighted by molar-refractivity contribution is 5.77. The Bertz CT molecular complexity index is 348. The van der Waals surface area contributed by atoms with Gasteiger partial charge in [-0.1, -0.05) is 110 Å². The second-order valence-electron chi connectivity index (χ2n) is 9.21. The molecule has 0 atom stereocenters. The Morgan fingerprint density at radius 3 is 1.47 bits per heavy atom. The van der Waals surface area contributed by atoms with E-state index in [1.54, 1.807) is 0 Å². The van der Waals surface area contributed by atoms with Crippen molar-refractivity contribution in [1.82, 2.24) is 10.2 Å². The molecule has 0 fully saturated rings. The van der Waals surface area contributed by atoms with Crippen LogP contribution in [0.1, 0.15) is 122 Å². The average molecular weight is 427 g/mol. The van der Waals surface area contributed by atoms with E-state index < -0.39 is 0 Å². The highest BCUT2D eigenvalue weighted by Gasteiger charge is 2.01. The van der Waals surface area contributed by atoms with Gasteiger partial charge in [-0.15, -0.1) is 0 Å². The molecule has 1 amide bonds. The van der Waals surface area contributed by atoms with Crippen LogP contribution in [-0.2, 0) is 9.53 Å². The molecule has 0 unspecified atom stereocenters. The maximum atomic E-state index is 11.5. The molecule has 1 N–H and O–H groups in total. The second-order valence-corrected chi connectivity index (χ2v) is 9.21. The third-order valence-electron chi connectivity index (χ3n) is 5.64. The van der Waals surface area contributed by atoms with Crippen molar-refractivity contribution in [2.24, 2.45) is 0 Å². The number of hydrogen-bond acceptors (Lipinski definition) is 3. The van der Waals surface area contributed by atoms with Gasteiger partial charge in [0.15, 0.2) is 0 Å². The summed E-state index contributed by atoms with van der Waals surface area (Å²) in [5.74, 6) is 0.0909. The van der Waals surface area contributed by atoms with Crippen molar-refractivity contribution in [2.45, 2.75) is 122 Å². The van der Waals surface area contributed by atoms with Gasteiger partial charge >= 0.3 is 0 Å². The van der Waals surface area contributed by atoms with Crippen LogP contribution in [0.15, 0.2) is 0 Å². The van der Waals surface area contributed by atoms with Gasteiger partial charge in [-0.2, -0.15) is 0 Å². The zero-order chi connectivity index (χ0) is 22.1. The molecular weight excluding hydrogens is 372 g/mol. The summed E-state index contributed by atoms with van der Waals surface area (Å²) in [5.41, 5.74) is 0. The molecule has 0 aromatic heterocycles. The van der Waals surface area contributed by atoms with Gasteiger partial charge < -0.3 is 15.0 Å². The number of likely N-dealkylation sites (N-methyl/N-ethyl adjacent to an activating group) is 1. The molecule has 0 spiro atoms. The van der Waals surface area contributed by atoms with Crippen LogP contribution < -0.4 is 5.32 Å². The van der Waals surface area contributed by atoms with Crippen LogP contribution in [0.4, 0.5) is 0 Å². The van der Waals surface area contributed by atoms with Gasteiger partial charge in [0.05, 0.1) is 6.54 Å². The van der Waals surface area contributed by atoms with E-state index >= 15 is 0 Å². The van der Waals surface area contributed by atoms with Crippen molar-refractivity contribution < 1.29 is 9.53 Å². The van der Waals surface area contributed by atoms with E-state index in [0.29, 0.717) is 13.1 Å². The van der Waals surface area contributed by atoms with Crippen molar-refractivity contribution in [3.8, 4) is 0 Å². The van der Waals surface area contributed by atoms with Crippen LogP contribution in [0.2, 0.25) is 0 Å². The van der Waals surface area contributed by atoms with Crippen LogP contribution in [-0.4, -0.2) is 51.2 Å². The van der Waals surface area contributed by atoms with E-state index in [4.69, 9.17) is 4.74 Å². The highest BCUT2D eigenvalue weighted by atomic mass is 16.5. The first-order chi connectivity index (χ1) is 14.7. The number of hydrogen-bond donors (Lipinski definition) is 1. The van der Waals surface area contributed by atoms with E-state index in [0.717, 1.165) is 19.6 Å². The summed E-state index contributed by atoms with van der Waals surface area (Å²) in [6.07, 6.45) is 24.8. The van der Waals surface area contributed by atoms with E-state index in [1.165, 1.54) is 109 Å². The third-order valence-corrected chi connectivity index (χ3v) is 5.64. The Balaban J connectivity index is 3.06. The minimum atomic E-state index is 0.0909. The summed E-state index contributed by atoms with van der Waals surface area (Å²) in [5, 5.41) is 2.91. The van der Waals surface area contributed by atoms with Gasteiger partial charge in [-0.05, 0) is 26.9 Å². The molecule has 0 saturated carbocycles. The van der Waals surface area contributed by atoms with E-state index in [9.17, 15) is 4.79 Å². The minimum absolute atomic E-state index is 0.0909. The Morgan fingerprint density at radius 1 is 0.633 bits per heavy atom. The first kappa shape index (κ1) is 29.4. The molecule has 0 saturated heterocycles. The van der Waals surface area contributed by atoms with E-state index in [2.05, 4.69) is 12.2 Å². The molecule has 0 aliphatic heterocycles. The molecule has 0 bridgehead atoms. The predicted molar refractivity (Wildman–Crippen MR) is 131 cm³/mol. The first-order valence-electron chi connectivity index (χ1n) is 13.2. The van der Waals surface area contributed by atoms with Gasteiger partial charge in [0.1, 0.15) is 0 Å². The summed E-state index contributed by atoms with van der Waals surface area (Å²) in [4.78, 5) is 13.3. The molecule has 180 valence electrons. The quantitative estimate of drug-likeness (QED) is 0.174. The Hall–Kier alpha value is -0.610. The summed E-state index contributed by atoms with van der Waals surface area (Å²) in [6.45, 7) is 5.08. The van der Waals surface area contributed by atoms with Crippen molar-refractivity contribution >= 4 is 5.91 Å². The number of nitrogens with one attached hydrogen (secondary N) is 1. The monoisotopic (exact) mass is 426 g/mol. The summed E-state index contributed by atoms with van der Waals surface area (Å²) >= 11 is 0. The average Bonchev–Trinajstić information content (AvgIpc) is 2.71. The molecule has 0 heterocycles. The van der Waals surface area contributed by atoms with Crippen LogP contribution >= 0.6 is 0 Å². The van der Waals surface area contributed by atoms with E-state index in [-0.39, 0.29) is 5.91 Å². The lowest BCUT2D eigenvalue weighted by molar-refractivity contribution is -0.121. The van der Waals surface area contributed by atoms with Crippen molar-refractivity contribution in [2.75, 3.05) is 40.4 Å². The molecule has 0 aromatic rings. The third kappa shape index (κ3) is 25.4. The lowest BCUT2D eigenvalue weighted by Crippen LogP contribution is -2.34. The zero-order valence-electron chi connectivity index (χ0n) is 20.8. The minimum Gasteiger partial charge on any atom is -0.381 e. The molecule has 0 aliphatic carbocycles. The predicted octanol–water partition coefficient (Wildman–Crippen LogP) is 6.72. The van der Waals surface area contributed by atoms with Gasteiger partial charge in [-0.25, -0.2) is 0 Å². The number of nitrogens with zero attached hydrogens (tertiary/aromatic N) is 1. The summed E-state index contributed by atoms with van der Waals surface area (Å²) in [7, 11) is 3.81. The van der Waals surface area contributed by atoms with Crippen LogP contribution in [0.3, 0.4) is 0 Å². The summed E-state index contributed by atoms with van der Waals surface area (Å²) in [6, 6.07) is 0. The van der Waals surface area contributed by atoms with Gasteiger partial charge in [0, 0.05) is 19.8 Å². The van der Waals surface area contributed by atoms with Crippen molar-refractivity contribution in [3.05, 3.63) is 0 Å². The molecule has 4 nitrogen and oxygen atoms in total. The van der Waals surface area contributed by atoms with E-state index in [1.807, 2.05) is 19.0 Å². The van der Waals surface area contributed by atoms with Gasteiger partial charge in [-0.3, -0.25) is 4.79 Å². The standard InChI is InChI=1S/C26H54N2O2/c1-4-5-6-7-8-9-10-11-12-13-14-15-16-17-18-19-20-23-30-24-21-22-27-26(29)25-28(2)3/h4-25H2,1-3H3,(H,27,29). The van der Waals surface area contributed by atoms with Crippen LogP contribution in [0.25, 0.3) is 0 Å². The van der Waals surface area contributed by atoms with Gasteiger partial charge in [0.25, 0.3) is 0 Å². The SMILES string of the molecule is CCCCCCCCCCCCCCCCCCCOCCCNC(=O)CN(C)C. The molecule has 0 aromatic carbocycles. The van der Waals surface area contributed by atoms with Crippen molar-refractivity contribution in [1.29, 1.82) is 0 Å². The molecule has 4 heteroatoms. The zero-order valence-corrected chi connectivity index (χ0v) is 20.8. The molecule has 0 radical (unpaired) electrons. The van der Waals surface area contributed by atoms with Gasteiger partial charge in [0.2, 0.25) is 5.91 Å². The first-order valence-corrected chi connectivity index (χ1v) is 13.2.